The standard InChI is InChI=1S/C24H23N3O4/c1-16-6-3-4-7-21(16)30-13-5-12-29-19-10-8-18(9-11-19)15-20-23(25)27-22(26-24(20)28)14-17(2)31-27/h3-4,6-11,14-15,25H,5,12-13H2,1-2H3/b20-15-,25-23?. The summed E-state index contributed by atoms with van der Waals surface area (Å²) in [6, 6.07) is 15.3. The molecular weight excluding hydrogens is 394 g/mol. The second-order valence-corrected chi connectivity index (χ2v) is 7.21. The molecule has 31 heavy (non-hydrogen) atoms. The van der Waals surface area contributed by atoms with Crippen LogP contribution in [0.3, 0.4) is 0 Å². The van der Waals surface area contributed by atoms with Crippen LogP contribution in [0.25, 0.3) is 6.08 Å². The molecule has 0 aliphatic carbocycles. The van der Waals surface area contributed by atoms with Crippen molar-refractivity contribution < 1.29 is 19.1 Å². The number of amidine groups is 2. The van der Waals surface area contributed by atoms with Crippen LogP contribution >= 0.6 is 0 Å². The van der Waals surface area contributed by atoms with E-state index in [2.05, 4.69) is 4.99 Å². The predicted molar refractivity (Wildman–Crippen MR) is 118 cm³/mol. The number of amides is 1. The molecule has 0 aromatic heterocycles. The number of rotatable bonds is 7. The lowest BCUT2D eigenvalue weighted by Crippen LogP contribution is -2.38. The minimum absolute atomic E-state index is 0.0305. The number of aliphatic imine (C=N–C) groups is 1. The summed E-state index contributed by atoms with van der Waals surface area (Å²) >= 11 is 0. The van der Waals surface area contributed by atoms with Gasteiger partial charge in [-0.2, -0.15) is 4.99 Å². The molecule has 2 aromatic carbocycles. The Kier molecular flexibility index (Phi) is 5.84. The van der Waals surface area contributed by atoms with E-state index in [1.54, 1.807) is 19.1 Å². The maximum atomic E-state index is 12.3. The minimum Gasteiger partial charge on any atom is -0.493 e. The number of allylic oxidation sites excluding steroid dienone is 1. The summed E-state index contributed by atoms with van der Waals surface area (Å²) in [5.74, 6) is 2.05. The molecule has 7 heteroatoms. The molecule has 4 rings (SSSR count). The maximum Gasteiger partial charge on any atom is 0.282 e. The van der Waals surface area contributed by atoms with E-state index in [9.17, 15) is 4.79 Å². The number of carbonyl (C=O) groups excluding carboxylic acids is 1. The Morgan fingerprint density at radius 1 is 1.06 bits per heavy atom. The van der Waals surface area contributed by atoms with Crippen LogP contribution in [0.15, 0.2) is 70.9 Å². The van der Waals surface area contributed by atoms with Crippen LogP contribution in [0.4, 0.5) is 0 Å². The summed E-state index contributed by atoms with van der Waals surface area (Å²) < 4.78 is 11.5. The van der Waals surface area contributed by atoms with Gasteiger partial charge in [-0.1, -0.05) is 30.3 Å². The van der Waals surface area contributed by atoms with E-state index in [4.69, 9.17) is 19.7 Å². The monoisotopic (exact) mass is 417 g/mol. The van der Waals surface area contributed by atoms with Crippen LogP contribution in [0, 0.1) is 12.3 Å². The van der Waals surface area contributed by atoms with E-state index in [1.807, 2.05) is 55.5 Å². The van der Waals surface area contributed by atoms with Crippen molar-refractivity contribution >= 4 is 23.7 Å². The molecule has 2 aliphatic rings. The van der Waals surface area contributed by atoms with E-state index in [-0.39, 0.29) is 11.4 Å². The van der Waals surface area contributed by atoms with Crippen molar-refractivity contribution in [2.75, 3.05) is 13.2 Å². The molecule has 2 aliphatic heterocycles. The number of aryl methyl sites for hydroxylation is 1. The van der Waals surface area contributed by atoms with Crippen molar-refractivity contribution in [2.45, 2.75) is 20.3 Å². The Hall–Kier alpha value is -3.87. The fraction of sp³-hybridized carbons (Fsp3) is 0.208. The smallest absolute Gasteiger partial charge is 0.282 e. The van der Waals surface area contributed by atoms with Crippen molar-refractivity contribution in [3.63, 3.8) is 0 Å². The van der Waals surface area contributed by atoms with Gasteiger partial charge in [0.1, 0.15) is 17.3 Å². The van der Waals surface area contributed by atoms with Crippen LogP contribution in [-0.2, 0) is 9.63 Å². The van der Waals surface area contributed by atoms with Gasteiger partial charge in [-0.05, 0) is 49.2 Å². The number of carbonyl (C=O) groups is 1. The van der Waals surface area contributed by atoms with Crippen LogP contribution in [0.5, 0.6) is 11.5 Å². The van der Waals surface area contributed by atoms with Gasteiger partial charge < -0.3 is 14.3 Å². The number of nitrogens with zero attached hydrogens (tertiary/aromatic N) is 2. The summed E-state index contributed by atoms with van der Waals surface area (Å²) in [7, 11) is 0. The van der Waals surface area contributed by atoms with E-state index < -0.39 is 5.91 Å². The van der Waals surface area contributed by atoms with Gasteiger partial charge in [-0.15, -0.1) is 5.06 Å². The lowest BCUT2D eigenvalue weighted by molar-refractivity contribution is -0.114. The predicted octanol–water partition coefficient (Wildman–Crippen LogP) is 4.29. The fourth-order valence-corrected chi connectivity index (χ4v) is 3.18. The van der Waals surface area contributed by atoms with Gasteiger partial charge in [0.05, 0.1) is 18.8 Å². The highest BCUT2D eigenvalue weighted by molar-refractivity contribution is 6.32. The highest BCUT2D eigenvalue weighted by atomic mass is 16.7. The molecule has 2 heterocycles. The van der Waals surface area contributed by atoms with Gasteiger partial charge >= 0.3 is 0 Å². The zero-order chi connectivity index (χ0) is 21.8. The normalized spacial score (nSPS) is 16.6. The van der Waals surface area contributed by atoms with E-state index in [0.29, 0.717) is 24.8 Å². The highest BCUT2D eigenvalue weighted by Crippen LogP contribution is 2.24. The zero-order valence-electron chi connectivity index (χ0n) is 17.4. The molecule has 0 saturated carbocycles. The van der Waals surface area contributed by atoms with Gasteiger partial charge in [0, 0.05) is 12.5 Å². The number of hydrogen-bond donors (Lipinski definition) is 1. The first-order valence-corrected chi connectivity index (χ1v) is 10.0. The first kappa shape index (κ1) is 20.4. The summed E-state index contributed by atoms with van der Waals surface area (Å²) in [6.45, 7) is 4.88. The average molecular weight is 417 g/mol. The topological polar surface area (TPSA) is 84.2 Å². The third kappa shape index (κ3) is 4.66. The van der Waals surface area contributed by atoms with Crippen LogP contribution in [-0.4, -0.2) is 35.9 Å². The number of para-hydroxylation sites is 1. The first-order valence-electron chi connectivity index (χ1n) is 10.0. The molecule has 0 atom stereocenters. The number of nitrogens with one attached hydrogen (secondary N) is 1. The third-order valence-corrected chi connectivity index (χ3v) is 4.78. The molecule has 0 radical (unpaired) electrons. The van der Waals surface area contributed by atoms with Crippen molar-refractivity contribution in [3.05, 3.63) is 77.1 Å². The van der Waals surface area contributed by atoms with Crippen LogP contribution in [0.2, 0.25) is 0 Å². The van der Waals surface area contributed by atoms with E-state index >= 15 is 0 Å². The second-order valence-electron chi connectivity index (χ2n) is 7.21. The number of hydrogen-bond acceptors (Lipinski definition) is 5. The maximum absolute atomic E-state index is 12.3. The molecule has 2 aromatic rings. The summed E-state index contributed by atoms with van der Waals surface area (Å²) in [4.78, 5) is 21.7. The molecule has 1 N–H and O–H groups in total. The van der Waals surface area contributed by atoms with Gasteiger partial charge in [-0.3, -0.25) is 10.2 Å². The Labute approximate surface area is 180 Å². The SMILES string of the molecule is CC1=CC2=NC(=O)/C(=C\c3ccc(OCCCOc4ccccc4C)cc3)C(=N)N2O1. The van der Waals surface area contributed by atoms with Crippen molar-refractivity contribution in [2.24, 2.45) is 4.99 Å². The largest absolute Gasteiger partial charge is 0.493 e. The Balaban J connectivity index is 1.30. The minimum atomic E-state index is -0.459. The molecule has 0 spiro atoms. The highest BCUT2D eigenvalue weighted by Gasteiger charge is 2.34. The van der Waals surface area contributed by atoms with Crippen molar-refractivity contribution in [3.8, 4) is 11.5 Å². The number of fused-ring (bicyclic) bond motifs is 1. The quantitative estimate of drug-likeness (QED) is 0.537. The third-order valence-electron chi connectivity index (χ3n) is 4.78. The summed E-state index contributed by atoms with van der Waals surface area (Å²) in [5, 5.41) is 9.50. The number of ether oxygens (including phenoxy) is 2. The van der Waals surface area contributed by atoms with Gasteiger partial charge in [0.25, 0.3) is 5.91 Å². The van der Waals surface area contributed by atoms with Gasteiger partial charge in [0.15, 0.2) is 11.7 Å². The lowest BCUT2D eigenvalue weighted by Gasteiger charge is -2.22. The number of hydroxylamine groups is 2. The molecule has 7 nitrogen and oxygen atoms in total. The lowest BCUT2D eigenvalue weighted by atomic mass is 10.1. The first-order chi connectivity index (χ1) is 15.0. The molecule has 0 bridgehead atoms. The van der Waals surface area contributed by atoms with Crippen LogP contribution in [0.1, 0.15) is 24.5 Å². The zero-order valence-corrected chi connectivity index (χ0v) is 17.4. The fourth-order valence-electron chi connectivity index (χ4n) is 3.18. The van der Waals surface area contributed by atoms with Crippen molar-refractivity contribution in [1.29, 1.82) is 5.41 Å². The summed E-state index contributed by atoms with van der Waals surface area (Å²) in [5.41, 5.74) is 2.06. The molecule has 158 valence electrons. The molecule has 0 saturated heterocycles. The Bertz CT molecular complexity index is 1100. The van der Waals surface area contributed by atoms with Crippen molar-refractivity contribution in [1.82, 2.24) is 5.06 Å². The van der Waals surface area contributed by atoms with Crippen LogP contribution < -0.4 is 9.47 Å². The molecule has 0 fully saturated rings. The average Bonchev–Trinajstić information content (AvgIpc) is 3.13. The second kappa shape index (κ2) is 8.87. The van der Waals surface area contributed by atoms with Gasteiger partial charge in [0.2, 0.25) is 0 Å². The Morgan fingerprint density at radius 3 is 2.58 bits per heavy atom. The number of benzene rings is 2. The summed E-state index contributed by atoms with van der Waals surface area (Å²) in [6.07, 6.45) is 4.01. The molecule has 1 amide bonds. The van der Waals surface area contributed by atoms with E-state index in [1.165, 1.54) is 5.06 Å². The molecular formula is C24H23N3O4. The van der Waals surface area contributed by atoms with E-state index in [0.717, 1.165) is 29.0 Å². The Morgan fingerprint density at radius 2 is 1.81 bits per heavy atom. The molecule has 0 unspecified atom stereocenters. The van der Waals surface area contributed by atoms with Gasteiger partial charge in [-0.25, -0.2) is 0 Å².